The van der Waals surface area contributed by atoms with Gasteiger partial charge in [0.15, 0.2) is 0 Å². The molecule has 59 valence electrons. The number of nitrogens with one attached hydrogen (secondary N) is 1. The molecule has 0 saturated carbocycles. The molecule has 0 aliphatic rings. The first kappa shape index (κ1) is 8.24. The van der Waals surface area contributed by atoms with Crippen molar-refractivity contribution in [3.05, 3.63) is 35.9 Å². The summed E-state index contributed by atoms with van der Waals surface area (Å²) in [6, 6.07) is 11.0. The maximum Gasteiger partial charge on any atom is 0.0353 e. The van der Waals surface area contributed by atoms with Gasteiger partial charge in [0.2, 0.25) is 0 Å². The van der Waals surface area contributed by atoms with Crippen molar-refractivity contribution >= 4 is 0 Å². The van der Waals surface area contributed by atoms with Crippen LogP contribution in [0.4, 0.5) is 0 Å². The van der Waals surface area contributed by atoms with Crippen LogP contribution in [0, 0.1) is 6.07 Å². The molecule has 0 aliphatic heterocycles. The van der Waals surface area contributed by atoms with E-state index >= 15 is 0 Å². The molecule has 0 bridgehead atoms. The number of hydrogen-bond acceptors (Lipinski definition) is 2. The first-order valence-corrected chi connectivity index (χ1v) is 3.65. The molecule has 11 heavy (non-hydrogen) atoms. The van der Waals surface area contributed by atoms with Crippen molar-refractivity contribution in [3.63, 3.8) is 0 Å². The van der Waals surface area contributed by atoms with E-state index < -0.39 is 0 Å². The van der Waals surface area contributed by atoms with Crippen molar-refractivity contribution < 1.29 is 0 Å². The molecule has 2 heteroatoms. The van der Waals surface area contributed by atoms with Crippen LogP contribution in [0.15, 0.2) is 24.3 Å². The summed E-state index contributed by atoms with van der Waals surface area (Å²) in [7, 11) is 3.96. The fourth-order valence-electron chi connectivity index (χ4n) is 0.790. The van der Waals surface area contributed by atoms with E-state index in [9.17, 15) is 0 Å². The van der Waals surface area contributed by atoms with Gasteiger partial charge in [-0.25, -0.2) is 0 Å². The summed E-state index contributed by atoms with van der Waals surface area (Å²) in [6.07, 6.45) is 0. The molecule has 1 aromatic carbocycles. The monoisotopic (exact) mass is 149 g/mol. The molecule has 0 atom stereocenters. The summed E-state index contributed by atoms with van der Waals surface area (Å²) in [5.74, 6) is 0. The lowest BCUT2D eigenvalue weighted by Gasteiger charge is -2.11. The van der Waals surface area contributed by atoms with Gasteiger partial charge in [0.1, 0.15) is 0 Å². The second-order valence-corrected chi connectivity index (χ2v) is 2.64. The highest BCUT2D eigenvalue weighted by molar-refractivity contribution is 5.12. The van der Waals surface area contributed by atoms with Crippen molar-refractivity contribution in [1.82, 2.24) is 10.4 Å². The van der Waals surface area contributed by atoms with E-state index in [1.54, 1.807) is 0 Å². The van der Waals surface area contributed by atoms with Crippen LogP contribution in [0.3, 0.4) is 0 Å². The van der Waals surface area contributed by atoms with Crippen LogP contribution in [-0.2, 0) is 6.54 Å². The number of rotatable bonds is 3. The van der Waals surface area contributed by atoms with Crippen LogP contribution in [0.1, 0.15) is 5.56 Å². The normalized spacial score (nSPS) is 10.5. The van der Waals surface area contributed by atoms with Crippen molar-refractivity contribution in [3.8, 4) is 0 Å². The van der Waals surface area contributed by atoms with Gasteiger partial charge in [-0.2, -0.15) is 0 Å². The van der Waals surface area contributed by atoms with Gasteiger partial charge in [-0.15, -0.1) is 0 Å². The van der Waals surface area contributed by atoms with Crippen molar-refractivity contribution in [1.29, 1.82) is 0 Å². The van der Waals surface area contributed by atoms with Gasteiger partial charge < -0.3 is 0 Å². The Morgan fingerprint density at radius 3 is 2.91 bits per heavy atom. The number of benzene rings is 1. The van der Waals surface area contributed by atoms with E-state index in [0.29, 0.717) is 0 Å². The summed E-state index contributed by atoms with van der Waals surface area (Å²) >= 11 is 0. The van der Waals surface area contributed by atoms with E-state index in [-0.39, 0.29) is 0 Å². The fraction of sp³-hybridized carbons (Fsp3) is 0.333. The average molecular weight is 149 g/mol. The van der Waals surface area contributed by atoms with E-state index in [2.05, 4.69) is 17.6 Å². The summed E-state index contributed by atoms with van der Waals surface area (Å²) in [5.41, 5.74) is 4.43. The SMILES string of the molecule is CN(C)NCc1c[c]ccc1. The third-order valence-electron chi connectivity index (χ3n) is 1.37. The maximum atomic E-state index is 3.18. The third kappa shape index (κ3) is 3.16. The summed E-state index contributed by atoms with van der Waals surface area (Å²) in [4.78, 5) is 0. The van der Waals surface area contributed by atoms with Crippen LogP contribution in [0.25, 0.3) is 0 Å². The van der Waals surface area contributed by atoms with Crippen molar-refractivity contribution in [2.75, 3.05) is 14.1 Å². The second-order valence-electron chi connectivity index (χ2n) is 2.64. The van der Waals surface area contributed by atoms with E-state index in [4.69, 9.17) is 0 Å². The minimum Gasteiger partial charge on any atom is -0.251 e. The van der Waals surface area contributed by atoms with Crippen molar-refractivity contribution in [2.45, 2.75) is 6.54 Å². The smallest absolute Gasteiger partial charge is 0.0353 e. The van der Waals surface area contributed by atoms with Gasteiger partial charge in [0.05, 0.1) is 0 Å². The molecule has 0 spiro atoms. The minimum atomic E-state index is 0.865. The molecule has 0 unspecified atom stereocenters. The highest BCUT2D eigenvalue weighted by Crippen LogP contribution is 1.95. The second kappa shape index (κ2) is 4.11. The number of nitrogens with zero attached hydrogens (tertiary/aromatic N) is 1. The van der Waals surface area contributed by atoms with Crippen LogP contribution in [0.2, 0.25) is 0 Å². The lowest BCUT2D eigenvalue weighted by molar-refractivity contribution is 0.286. The molecule has 0 aliphatic carbocycles. The molecular weight excluding hydrogens is 136 g/mol. The summed E-state index contributed by atoms with van der Waals surface area (Å²) < 4.78 is 0. The quantitative estimate of drug-likeness (QED) is 0.646. The highest BCUT2D eigenvalue weighted by Gasteiger charge is 1.89. The molecular formula is C9H13N2. The molecule has 2 nitrogen and oxygen atoms in total. The van der Waals surface area contributed by atoms with Crippen LogP contribution >= 0.6 is 0 Å². The first-order valence-electron chi connectivity index (χ1n) is 3.65. The van der Waals surface area contributed by atoms with E-state index in [1.165, 1.54) is 5.56 Å². The van der Waals surface area contributed by atoms with Gasteiger partial charge in [0, 0.05) is 20.6 Å². The highest BCUT2D eigenvalue weighted by atomic mass is 15.5. The van der Waals surface area contributed by atoms with Crippen LogP contribution in [-0.4, -0.2) is 19.1 Å². The van der Waals surface area contributed by atoms with E-state index in [1.807, 2.05) is 37.3 Å². The zero-order chi connectivity index (χ0) is 8.10. The van der Waals surface area contributed by atoms with Crippen LogP contribution < -0.4 is 5.43 Å². The molecule has 1 N–H and O–H groups in total. The zero-order valence-corrected chi connectivity index (χ0v) is 6.96. The standard InChI is InChI=1S/C9H13N2/c1-11(2)10-8-9-6-4-3-5-7-9/h3-4,6-7,10H,8H2,1-2H3. The molecule has 0 saturated heterocycles. The Hall–Kier alpha value is -0.860. The fourth-order valence-corrected chi connectivity index (χ4v) is 0.790. The third-order valence-corrected chi connectivity index (χ3v) is 1.37. The molecule has 0 fully saturated rings. The van der Waals surface area contributed by atoms with Gasteiger partial charge >= 0.3 is 0 Å². The largest absolute Gasteiger partial charge is 0.251 e. The molecule has 1 radical (unpaired) electrons. The maximum absolute atomic E-state index is 3.18. The van der Waals surface area contributed by atoms with Gasteiger partial charge in [0.25, 0.3) is 0 Å². The predicted octanol–water partition coefficient (Wildman–Crippen LogP) is 1.05. The summed E-state index contributed by atoms with van der Waals surface area (Å²) in [6.45, 7) is 0.865. The molecule has 0 heterocycles. The van der Waals surface area contributed by atoms with Gasteiger partial charge in [-0.05, 0) is 17.7 Å². The minimum absolute atomic E-state index is 0.865. The topological polar surface area (TPSA) is 15.3 Å². The lowest BCUT2D eigenvalue weighted by Crippen LogP contribution is -2.29. The average Bonchev–Trinajstić information content (AvgIpc) is 2.03. The molecule has 0 amide bonds. The molecule has 1 rings (SSSR count). The number of hydrazine groups is 1. The van der Waals surface area contributed by atoms with Gasteiger partial charge in [-0.1, -0.05) is 18.2 Å². The predicted molar refractivity (Wildman–Crippen MR) is 45.8 cm³/mol. The Labute approximate surface area is 67.8 Å². The van der Waals surface area contributed by atoms with E-state index in [0.717, 1.165) is 6.54 Å². The summed E-state index contributed by atoms with van der Waals surface area (Å²) in [5, 5.41) is 1.94. The number of hydrogen-bond donors (Lipinski definition) is 1. The van der Waals surface area contributed by atoms with Crippen molar-refractivity contribution in [2.24, 2.45) is 0 Å². The van der Waals surface area contributed by atoms with Crippen LogP contribution in [0.5, 0.6) is 0 Å². The Morgan fingerprint density at radius 1 is 1.55 bits per heavy atom. The molecule has 1 aromatic rings. The van der Waals surface area contributed by atoms with Gasteiger partial charge in [-0.3, -0.25) is 10.4 Å². The Kier molecular flexibility index (Phi) is 3.08. The molecule has 0 aromatic heterocycles. The Balaban J connectivity index is 2.39. The first-order chi connectivity index (χ1) is 5.29. The lowest BCUT2D eigenvalue weighted by atomic mass is 10.2. The Morgan fingerprint density at radius 2 is 2.36 bits per heavy atom. The Bertz CT molecular complexity index is 194. The zero-order valence-electron chi connectivity index (χ0n) is 6.96.